The monoisotopic (exact) mass is 1090 g/mol. The van der Waals surface area contributed by atoms with Crippen LogP contribution in [0.5, 0.6) is 11.5 Å². The summed E-state index contributed by atoms with van der Waals surface area (Å²) in [7, 11) is -14.8. The van der Waals surface area contributed by atoms with Crippen molar-refractivity contribution >= 4 is 42.8 Å². The zero-order valence-electron chi connectivity index (χ0n) is 45.8. The van der Waals surface area contributed by atoms with E-state index < -0.39 is 55.2 Å². The normalized spacial score (nSPS) is 13.3. The molecule has 0 saturated carbocycles. The number of carbonyl (C=O) groups excluding carboxylic acids is 2. The summed E-state index contributed by atoms with van der Waals surface area (Å²) in [6.07, 6.45) is 39.8. The topological polar surface area (TPSA) is 214 Å². The lowest BCUT2D eigenvalue weighted by Crippen LogP contribution is -2.20. The van der Waals surface area contributed by atoms with Crippen LogP contribution in [0.25, 0.3) is 0 Å². The molecule has 0 aliphatic rings. The molecule has 0 aromatic heterocycles. The Morgan fingerprint density at radius 3 is 1.35 bits per heavy atom. The second-order valence-corrected chi connectivity index (χ2v) is 26.0. The van der Waals surface area contributed by atoms with Crippen molar-refractivity contribution in [3.63, 3.8) is 0 Å². The van der Waals surface area contributed by atoms with E-state index in [1.807, 2.05) is 25.1 Å². The molecule has 0 saturated heterocycles. The zero-order valence-corrected chi connectivity index (χ0v) is 48.4. The Balaban J connectivity index is 2.04. The average molecular weight is 1090 g/mol. The molecule has 74 heavy (non-hydrogen) atoms. The Morgan fingerprint density at radius 2 is 0.919 bits per heavy atom. The fourth-order valence-corrected chi connectivity index (χ4v) is 13.2. The molecule has 2 atom stereocenters. The summed E-state index contributed by atoms with van der Waals surface area (Å²) in [5, 5.41) is -2.33. The van der Waals surface area contributed by atoms with Gasteiger partial charge in [0, 0.05) is 12.8 Å². The minimum atomic E-state index is -5.24. The third-order valence-electron chi connectivity index (χ3n) is 13.8. The first-order valence-electron chi connectivity index (χ1n) is 28.5. The largest absolute Gasteiger partial charge is 0.427 e. The first kappa shape index (κ1) is 67.0. The van der Waals surface area contributed by atoms with E-state index in [-0.39, 0.29) is 35.7 Å². The number of sulfonamides is 1. The van der Waals surface area contributed by atoms with Crippen LogP contribution in [-0.2, 0) is 28.7 Å². The van der Waals surface area contributed by atoms with E-state index in [1.54, 1.807) is 24.3 Å². The molecule has 0 fully saturated rings. The second-order valence-electron chi connectivity index (χ2n) is 20.2. The van der Waals surface area contributed by atoms with E-state index in [4.69, 9.17) is 9.47 Å². The maximum atomic E-state index is 13.5. The molecule has 0 aliphatic carbocycles. The molecule has 5 N–H and O–H groups in total. The number of hydrogen-bond acceptors (Lipinski definition) is 8. The molecule has 0 amide bonds. The molecule has 2 rings (SSSR count). The Morgan fingerprint density at radius 1 is 0.527 bits per heavy atom. The molecule has 422 valence electrons. The van der Waals surface area contributed by atoms with E-state index in [0.717, 1.165) is 88.2 Å². The quantitative estimate of drug-likeness (QED) is 0.0138. The van der Waals surface area contributed by atoms with Crippen LogP contribution in [-0.4, -0.2) is 51.1 Å². The van der Waals surface area contributed by atoms with Gasteiger partial charge in [-0.15, -0.1) is 0 Å². The van der Waals surface area contributed by atoms with E-state index in [2.05, 4.69) is 49.8 Å². The molecule has 13 nitrogen and oxygen atoms in total. The van der Waals surface area contributed by atoms with Gasteiger partial charge >= 0.3 is 27.1 Å². The van der Waals surface area contributed by atoms with Gasteiger partial charge in [-0.05, 0) is 137 Å². The fourth-order valence-electron chi connectivity index (χ4n) is 9.48. The first-order valence-corrected chi connectivity index (χ1v) is 33.5. The van der Waals surface area contributed by atoms with Crippen LogP contribution in [0.1, 0.15) is 256 Å². The van der Waals surface area contributed by atoms with Crippen molar-refractivity contribution in [1.29, 1.82) is 0 Å². The highest BCUT2D eigenvalue weighted by Gasteiger charge is 2.43. The SMILES string of the molecule is CCCCCCCCC=CCCCCCCCC(=O)Oc1ccc(C(CC)C(CC)c2ccc(OC(=O)CCCCCCCC=CCCCCCCCC)c(NS(=O)(=O)CCCC(P(=O)(O)O)P(=O)(O)O)c2)cc1. The summed E-state index contributed by atoms with van der Waals surface area (Å²) in [5.41, 5.74) is 1.77. The van der Waals surface area contributed by atoms with E-state index in [1.165, 1.54) is 89.9 Å². The minimum absolute atomic E-state index is 0.00345. The standard InChI is InChI=1S/C58H97NO12P2S/c1-5-9-11-13-15-17-19-21-23-25-27-29-31-33-35-38-56(60)70-51-44-41-49(42-45-51)52(7-3)53(8-4)50-43-46-55(54(48-50)59-74(68,69)47-37-40-58(72(62,63)64)73(65,66)67)71-57(61)39-36-34-32-30-28-26-24-22-20-18-16-14-12-10-6-2/h21-24,41-46,48,52-53,58-59H,5-20,25-40,47H2,1-4H3,(H2,62,63,64)(H2,65,66,67). The number of esters is 2. The van der Waals surface area contributed by atoms with Crippen molar-refractivity contribution < 1.29 is 56.2 Å². The van der Waals surface area contributed by atoms with Gasteiger partial charge in [0.25, 0.3) is 0 Å². The van der Waals surface area contributed by atoms with Crippen molar-refractivity contribution in [3.8, 4) is 11.5 Å². The summed E-state index contributed by atoms with van der Waals surface area (Å²) < 4.78 is 64.7. The summed E-state index contributed by atoms with van der Waals surface area (Å²) in [6, 6.07) is 12.5. The van der Waals surface area contributed by atoms with Gasteiger partial charge in [-0.3, -0.25) is 23.4 Å². The third kappa shape index (κ3) is 30.6. The van der Waals surface area contributed by atoms with Crippen LogP contribution >= 0.6 is 15.2 Å². The highest BCUT2D eigenvalue weighted by Crippen LogP contribution is 2.61. The maximum Gasteiger partial charge on any atom is 0.340 e. The summed E-state index contributed by atoms with van der Waals surface area (Å²) >= 11 is 0. The molecular formula is C58H97NO12P2S. The lowest BCUT2D eigenvalue weighted by Gasteiger charge is -2.27. The van der Waals surface area contributed by atoms with Crippen molar-refractivity contribution in [1.82, 2.24) is 0 Å². The molecule has 0 radical (unpaired) electrons. The van der Waals surface area contributed by atoms with Gasteiger partial charge in [-0.2, -0.15) is 0 Å². The minimum Gasteiger partial charge on any atom is -0.427 e. The number of nitrogens with one attached hydrogen (secondary N) is 1. The van der Waals surface area contributed by atoms with Crippen molar-refractivity contribution in [3.05, 3.63) is 77.9 Å². The lowest BCUT2D eigenvalue weighted by molar-refractivity contribution is -0.135. The number of ether oxygens (including phenoxy) is 2. The Kier molecular flexibility index (Phi) is 35.6. The smallest absolute Gasteiger partial charge is 0.340 e. The van der Waals surface area contributed by atoms with E-state index in [9.17, 15) is 46.7 Å². The lowest BCUT2D eigenvalue weighted by atomic mass is 9.78. The predicted octanol–water partition coefficient (Wildman–Crippen LogP) is 16.5. The highest BCUT2D eigenvalue weighted by atomic mass is 32.2. The van der Waals surface area contributed by atoms with Crippen LogP contribution in [0.15, 0.2) is 66.8 Å². The summed E-state index contributed by atoms with van der Waals surface area (Å²) in [6.45, 7) is 8.57. The van der Waals surface area contributed by atoms with Gasteiger partial charge in [-0.1, -0.05) is 173 Å². The van der Waals surface area contributed by atoms with Crippen LogP contribution < -0.4 is 14.2 Å². The highest BCUT2D eigenvalue weighted by molar-refractivity contribution is 7.92. The van der Waals surface area contributed by atoms with Crippen LogP contribution in [0, 0.1) is 0 Å². The van der Waals surface area contributed by atoms with Crippen LogP contribution in [0.3, 0.4) is 0 Å². The Bertz CT molecular complexity index is 2080. The number of carbonyl (C=O) groups is 2. The molecule has 0 bridgehead atoms. The van der Waals surface area contributed by atoms with Gasteiger partial charge in [-0.25, -0.2) is 8.42 Å². The number of rotatable bonds is 45. The molecule has 2 unspecified atom stereocenters. The van der Waals surface area contributed by atoms with Gasteiger partial charge < -0.3 is 29.0 Å². The van der Waals surface area contributed by atoms with E-state index in [0.29, 0.717) is 25.0 Å². The van der Waals surface area contributed by atoms with Crippen molar-refractivity contribution in [2.24, 2.45) is 0 Å². The Labute approximate surface area is 447 Å². The van der Waals surface area contributed by atoms with Gasteiger partial charge in [0.15, 0.2) is 11.1 Å². The average Bonchev–Trinajstić information content (AvgIpc) is 3.34. The number of benzene rings is 2. The predicted molar refractivity (Wildman–Crippen MR) is 304 cm³/mol. The molecular weight excluding hydrogens is 997 g/mol. The zero-order chi connectivity index (χ0) is 54.5. The van der Waals surface area contributed by atoms with Crippen LogP contribution in [0.2, 0.25) is 0 Å². The summed E-state index contributed by atoms with van der Waals surface area (Å²) in [4.78, 5) is 64.2. The molecule has 16 heteroatoms. The Hall–Kier alpha value is -3.09. The van der Waals surface area contributed by atoms with Crippen molar-refractivity contribution in [2.75, 3.05) is 10.5 Å². The molecule has 2 aromatic rings. The number of anilines is 1. The third-order valence-corrected chi connectivity index (χ3v) is 19.0. The number of hydrogen-bond donors (Lipinski definition) is 5. The summed E-state index contributed by atoms with van der Waals surface area (Å²) in [5.74, 6) is -1.18. The number of unbranched alkanes of at least 4 members (excludes halogenated alkanes) is 22. The second kappa shape index (κ2) is 39.3. The molecule has 0 spiro atoms. The molecule has 2 aromatic carbocycles. The van der Waals surface area contributed by atoms with Gasteiger partial charge in [0.1, 0.15) is 5.75 Å². The van der Waals surface area contributed by atoms with Crippen molar-refractivity contribution in [2.45, 2.75) is 250 Å². The van der Waals surface area contributed by atoms with Gasteiger partial charge in [0.2, 0.25) is 10.0 Å². The first-order chi connectivity index (χ1) is 35.4. The van der Waals surface area contributed by atoms with Gasteiger partial charge in [0.05, 0.1) is 11.4 Å². The fraction of sp³-hybridized carbons (Fsp3) is 0.690. The number of allylic oxidation sites excluding steroid dienone is 4. The van der Waals surface area contributed by atoms with E-state index >= 15 is 0 Å². The molecule has 0 aliphatic heterocycles. The molecule has 0 heterocycles. The van der Waals surface area contributed by atoms with Crippen LogP contribution in [0.4, 0.5) is 5.69 Å². The maximum absolute atomic E-state index is 13.5.